The van der Waals surface area contributed by atoms with Crippen LogP contribution in [0.25, 0.3) is 5.00 Å². The SMILES string of the molecule is O=C(NCCCn1ccnc1)c1c(-n2cnnn2)sc2c1CCC2. The van der Waals surface area contributed by atoms with Gasteiger partial charge in [-0.1, -0.05) is 0 Å². The van der Waals surface area contributed by atoms with Crippen LogP contribution in [-0.4, -0.2) is 42.2 Å². The summed E-state index contributed by atoms with van der Waals surface area (Å²) in [7, 11) is 0. The minimum Gasteiger partial charge on any atom is -0.352 e. The third-order valence-electron chi connectivity index (χ3n) is 4.12. The summed E-state index contributed by atoms with van der Waals surface area (Å²) in [6, 6.07) is 0. The molecule has 0 radical (unpaired) electrons. The predicted octanol–water partition coefficient (Wildman–Crippen LogP) is 1.23. The number of nitrogens with one attached hydrogen (secondary N) is 1. The normalized spacial score (nSPS) is 13.2. The van der Waals surface area contributed by atoms with Crippen LogP contribution in [0.4, 0.5) is 0 Å². The molecule has 0 saturated heterocycles. The van der Waals surface area contributed by atoms with Crippen molar-refractivity contribution in [1.82, 2.24) is 35.1 Å². The first-order valence-electron chi connectivity index (χ1n) is 7.95. The maximum Gasteiger partial charge on any atom is 0.254 e. The molecule has 0 saturated carbocycles. The molecule has 1 N–H and O–H groups in total. The van der Waals surface area contributed by atoms with Crippen molar-refractivity contribution >= 4 is 17.2 Å². The fraction of sp³-hybridized carbons (Fsp3) is 0.400. The summed E-state index contributed by atoms with van der Waals surface area (Å²) in [6.07, 6.45) is 10.9. The van der Waals surface area contributed by atoms with Gasteiger partial charge in [0.25, 0.3) is 5.91 Å². The van der Waals surface area contributed by atoms with Gasteiger partial charge in [-0.05, 0) is 41.7 Å². The lowest BCUT2D eigenvalue weighted by atomic mass is 10.1. The largest absolute Gasteiger partial charge is 0.352 e. The smallest absolute Gasteiger partial charge is 0.254 e. The highest BCUT2D eigenvalue weighted by Gasteiger charge is 2.27. The van der Waals surface area contributed by atoms with Crippen LogP contribution in [0.1, 0.15) is 33.6 Å². The molecule has 3 aromatic rings. The molecular weight excluding hydrogens is 326 g/mol. The van der Waals surface area contributed by atoms with Crippen molar-refractivity contribution < 1.29 is 4.79 Å². The number of hydrogen-bond acceptors (Lipinski definition) is 6. The number of amides is 1. The number of aryl methyl sites for hydroxylation is 2. The van der Waals surface area contributed by atoms with E-state index in [2.05, 4.69) is 25.8 Å². The van der Waals surface area contributed by atoms with E-state index in [9.17, 15) is 4.79 Å². The van der Waals surface area contributed by atoms with Gasteiger partial charge >= 0.3 is 0 Å². The highest BCUT2D eigenvalue weighted by Crippen LogP contribution is 2.37. The molecule has 9 heteroatoms. The molecule has 1 aliphatic carbocycles. The molecule has 0 aliphatic heterocycles. The van der Waals surface area contributed by atoms with E-state index in [0.29, 0.717) is 6.54 Å². The number of imidazole rings is 1. The van der Waals surface area contributed by atoms with Crippen molar-refractivity contribution in [1.29, 1.82) is 0 Å². The molecule has 0 fully saturated rings. The number of rotatable bonds is 6. The van der Waals surface area contributed by atoms with E-state index < -0.39 is 0 Å². The fourth-order valence-electron chi connectivity index (χ4n) is 3.01. The van der Waals surface area contributed by atoms with Gasteiger partial charge in [0, 0.05) is 30.4 Å². The second-order valence-corrected chi connectivity index (χ2v) is 6.79. The molecule has 0 spiro atoms. The first kappa shape index (κ1) is 15.0. The monoisotopic (exact) mass is 343 g/mol. The van der Waals surface area contributed by atoms with Crippen LogP contribution in [0.15, 0.2) is 25.0 Å². The Labute approximate surface area is 142 Å². The Bertz CT molecular complexity index is 823. The van der Waals surface area contributed by atoms with Crippen LogP contribution in [0, 0.1) is 0 Å². The molecule has 0 unspecified atom stereocenters. The van der Waals surface area contributed by atoms with Crippen LogP contribution in [0.5, 0.6) is 0 Å². The van der Waals surface area contributed by atoms with Gasteiger partial charge in [0.2, 0.25) is 0 Å². The van der Waals surface area contributed by atoms with Crippen molar-refractivity contribution in [2.45, 2.75) is 32.2 Å². The van der Waals surface area contributed by atoms with Gasteiger partial charge in [0.15, 0.2) is 0 Å². The van der Waals surface area contributed by atoms with Gasteiger partial charge in [0.1, 0.15) is 11.3 Å². The minimum atomic E-state index is -0.0365. The van der Waals surface area contributed by atoms with E-state index in [1.54, 1.807) is 28.5 Å². The van der Waals surface area contributed by atoms with Gasteiger partial charge in [-0.25, -0.2) is 4.98 Å². The second-order valence-electron chi connectivity index (χ2n) is 5.70. The Kier molecular flexibility index (Phi) is 4.08. The van der Waals surface area contributed by atoms with Crippen molar-refractivity contribution in [3.05, 3.63) is 41.1 Å². The highest BCUT2D eigenvalue weighted by molar-refractivity contribution is 7.15. The number of thiophene rings is 1. The number of tetrazole rings is 1. The summed E-state index contributed by atoms with van der Waals surface area (Å²) in [5.41, 5.74) is 1.90. The second kappa shape index (κ2) is 6.52. The van der Waals surface area contributed by atoms with E-state index in [0.717, 1.165) is 48.4 Å². The standard InChI is InChI=1S/C15H17N7OS/c23-14(17-5-2-7-21-8-6-16-9-21)13-11-3-1-4-12(11)24-15(13)22-10-18-19-20-22/h6,8-10H,1-5,7H2,(H,17,23). The van der Waals surface area contributed by atoms with Gasteiger partial charge in [0.05, 0.1) is 11.9 Å². The van der Waals surface area contributed by atoms with Crippen LogP contribution in [-0.2, 0) is 19.4 Å². The van der Waals surface area contributed by atoms with Crippen molar-refractivity contribution in [2.24, 2.45) is 0 Å². The zero-order chi connectivity index (χ0) is 16.4. The molecule has 0 bridgehead atoms. The Morgan fingerprint density at radius 2 is 2.29 bits per heavy atom. The Morgan fingerprint density at radius 1 is 1.33 bits per heavy atom. The van der Waals surface area contributed by atoms with E-state index in [1.807, 2.05) is 10.8 Å². The molecule has 24 heavy (non-hydrogen) atoms. The van der Waals surface area contributed by atoms with Crippen LogP contribution in [0.3, 0.4) is 0 Å². The van der Waals surface area contributed by atoms with E-state index in [-0.39, 0.29) is 5.91 Å². The van der Waals surface area contributed by atoms with E-state index in [4.69, 9.17) is 0 Å². The maximum atomic E-state index is 12.7. The topological polar surface area (TPSA) is 90.5 Å². The molecule has 4 rings (SSSR count). The number of aromatic nitrogens is 6. The average molecular weight is 343 g/mol. The summed E-state index contributed by atoms with van der Waals surface area (Å²) < 4.78 is 3.59. The third-order valence-corrected chi connectivity index (χ3v) is 5.41. The predicted molar refractivity (Wildman–Crippen MR) is 88.2 cm³/mol. The lowest BCUT2D eigenvalue weighted by molar-refractivity contribution is 0.0952. The summed E-state index contributed by atoms with van der Waals surface area (Å²) in [6.45, 7) is 1.46. The van der Waals surface area contributed by atoms with Crippen molar-refractivity contribution in [2.75, 3.05) is 6.54 Å². The number of nitrogens with zero attached hydrogens (tertiary/aromatic N) is 6. The number of fused-ring (bicyclic) bond motifs is 1. The molecule has 3 aromatic heterocycles. The molecule has 0 aromatic carbocycles. The summed E-state index contributed by atoms with van der Waals surface area (Å²) in [5.74, 6) is -0.0365. The van der Waals surface area contributed by atoms with E-state index in [1.165, 1.54) is 11.2 Å². The molecule has 3 heterocycles. The number of carbonyl (C=O) groups excluding carboxylic acids is 1. The van der Waals surface area contributed by atoms with Gasteiger partial charge < -0.3 is 9.88 Å². The molecule has 1 amide bonds. The summed E-state index contributed by atoms with van der Waals surface area (Å²) >= 11 is 1.62. The van der Waals surface area contributed by atoms with Crippen LogP contribution in [0.2, 0.25) is 0 Å². The zero-order valence-corrected chi connectivity index (χ0v) is 13.9. The van der Waals surface area contributed by atoms with Crippen molar-refractivity contribution in [3.8, 4) is 5.00 Å². The van der Waals surface area contributed by atoms with Crippen LogP contribution < -0.4 is 5.32 Å². The zero-order valence-electron chi connectivity index (χ0n) is 13.1. The first-order valence-corrected chi connectivity index (χ1v) is 8.76. The Morgan fingerprint density at radius 3 is 3.08 bits per heavy atom. The third kappa shape index (κ3) is 2.82. The van der Waals surface area contributed by atoms with E-state index >= 15 is 0 Å². The molecule has 1 aliphatic rings. The average Bonchev–Trinajstić information content (AvgIpc) is 3.35. The summed E-state index contributed by atoms with van der Waals surface area (Å²) in [4.78, 5) is 18.0. The molecule has 0 atom stereocenters. The quantitative estimate of drug-likeness (QED) is 0.680. The Balaban J connectivity index is 1.47. The van der Waals surface area contributed by atoms with Gasteiger partial charge in [-0.3, -0.25) is 4.79 Å². The lowest BCUT2D eigenvalue weighted by Crippen LogP contribution is -2.26. The number of hydrogen-bond donors (Lipinski definition) is 1. The fourth-order valence-corrected chi connectivity index (χ4v) is 4.31. The molecule has 8 nitrogen and oxygen atoms in total. The molecule has 124 valence electrons. The highest BCUT2D eigenvalue weighted by atomic mass is 32.1. The van der Waals surface area contributed by atoms with Crippen LogP contribution >= 0.6 is 11.3 Å². The first-order chi connectivity index (χ1) is 11.8. The van der Waals surface area contributed by atoms with Gasteiger partial charge in [-0.15, -0.1) is 16.4 Å². The maximum absolute atomic E-state index is 12.7. The minimum absolute atomic E-state index is 0.0365. The van der Waals surface area contributed by atoms with Crippen molar-refractivity contribution in [3.63, 3.8) is 0 Å². The lowest BCUT2D eigenvalue weighted by Gasteiger charge is -2.08. The Hall–Kier alpha value is -2.55. The van der Waals surface area contributed by atoms with Gasteiger partial charge in [-0.2, -0.15) is 4.68 Å². The number of carbonyl (C=O) groups is 1. The summed E-state index contributed by atoms with van der Waals surface area (Å²) in [5, 5.41) is 15.2. The molecular formula is C15H17N7OS.